The summed E-state index contributed by atoms with van der Waals surface area (Å²) in [5, 5.41) is 7.85. The Kier molecular flexibility index (Phi) is 4.06. The highest BCUT2D eigenvalue weighted by molar-refractivity contribution is 5.81. The molecule has 5 heteroatoms. The van der Waals surface area contributed by atoms with Crippen molar-refractivity contribution in [1.82, 2.24) is 15.1 Å². The Hall–Kier alpha value is -2.95. The summed E-state index contributed by atoms with van der Waals surface area (Å²) in [5.41, 5.74) is 1.68. The standard InChI is InChI=1S/C20H19N3O2/c24-18-12-21-23(17-9-5-4-8-16(17)18)13-19(25)22-20(15-10-11-15)14-6-2-1-3-7-14/h1-9,12,15,20H,10-11,13H2,(H,22,25). The normalized spacial score (nSPS) is 15.0. The second-order valence-electron chi connectivity index (χ2n) is 6.48. The van der Waals surface area contributed by atoms with E-state index >= 15 is 0 Å². The molecule has 1 aromatic heterocycles. The van der Waals surface area contributed by atoms with E-state index in [-0.39, 0.29) is 23.9 Å². The topological polar surface area (TPSA) is 64.0 Å². The number of benzene rings is 2. The van der Waals surface area contributed by atoms with E-state index < -0.39 is 0 Å². The molecule has 1 aliphatic carbocycles. The van der Waals surface area contributed by atoms with Crippen LogP contribution in [0.4, 0.5) is 0 Å². The summed E-state index contributed by atoms with van der Waals surface area (Å²) in [6.07, 6.45) is 3.54. The van der Waals surface area contributed by atoms with Crippen LogP contribution in [0.3, 0.4) is 0 Å². The van der Waals surface area contributed by atoms with Crippen molar-refractivity contribution in [1.29, 1.82) is 0 Å². The Morgan fingerprint density at radius 2 is 1.84 bits per heavy atom. The fourth-order valence-electron chi connectivity index (χ4n) is 3.21. The zero-order chi connectivity index (χ0) is 17.2. The van der Waals surface area contributed by atoms with Crippen LogP contribution in [0.1, 0.15) is 24.4 Å². The van der Waals surface area contributed by atoms with Crippen LogP contribution in [0.25, 0.3) is 10.9 Å². The highest BCUT2D eigenvalue weighted by Crippen LogP contribution is 2.40. The van der Waals surface area contributed by atoms with E-state index in [4.69, 9.17) is 0 Å². The summed E-state index contributed by atoms with van der Waals surface area (Å²) >= 11 is 0. The first kappa shape index (κ1) is 15.6. The molecule has 0 radical (unpaired) electrons. The molecule has 126 valence electrons. The van der Waals surface area contributed by atoms with E-state index in [9.17, 15) is 9.59 Å². The number of hydrogen-bond donors (Lipinski definition) is 1. The predicted molar refractivity (Wildman–Crippen MR) is 96.1 cm³/mol. The van der Waals surface area contributed by atoms with E-state index in [1.165, 1.54) is 6.20 Å². The monoisotopic (exact) mass is 333 g/mol. The highest BCUT2D eigenvalue weighted by Gasteiger charge is 2.33. The first-order valence-corrected chi connectivity index (χ1v) is 8.51. The Balaban J connectivity index is 1.56. The van der Waals surface area contributed by atoms with Crippen molar-refractivity contribution in [3.8, 4) is 0 Å². The molecule has 0 saturated heterocycles. The van der Waals surface area contributed by atoms with Crippen molar-refractivity contribution in [3.63, 3.8) is 0 Å². The number of nitrogens with one attached hydrogen (secondary N) is 1. The van der Waals surface area contributed by atoms with Crippen molar-refractivity contribution in [2.75, 3.05) is 0 Å². The minimum Gasteiger partial charge on any atom is -0.347 e. The van der Waals surface area contributed by atoms with Crippen molar-refractivity contribution in [3.05, 3.63) is 76.6 Å². The minimum atomic E-state index is -0.132. The maximum atomic E-state index is 12.6. The molecule has 1 amide bonds. The molecule has 1 aliphatic rings. The van der Waals surface area contributed by atoms with Gasteiger partial charge in [0.2, 0.25) is 11.3 Å². The number of carbonyl (C=O) groups is 1. The Morgan fingerprint density at radius 3 is 2.60 bits per heavy atom. The van der Waals surface area contributed by atoms with Crippen LogP contribution in [0.2, 0.25) is 0 Å². The van der Waals surface area contributed by atoms with Gasteiger partial charge in [-0.05, 0) is 36.5 Å². The van der Waals surface area contributed by atoms with E-state index in [0.29, 0.717) is 16.8 Å². The average molecular weight is 333 g/mol. The second-order valence-corrected chi connectivity index (χ2v) is 6.48. The highest BCUT2D eigenvalue weighted by atomic mass is 16.2. The van der Waals surface area contributed by atoms with Crippen LogP contribution in [0.5, 0.6) is 0 Å². The number of rotatable bonds is 5. The molecule has 5 nitrogen and oxygen atoms in total. The molecule has 25 heavy (non-hydrogen) atoms. The fraction of sp³-hybridized carbons (Fsp3) is 0.250. The summed E-state index contributed by atoms with van der Waals surface area (Å²) in [4.78, 5) is 24.5. The minimum absolute atomic E-state index is 0.0411. The van der Waals surface area contributed by atoms with Crippen LogP contribution < -0.4 is 10.7 Å². The number of nitrogens with zero attached hydrogens (tertiary/aromatic N) is 2. The molecule has 1 heterocycles. The van der Waals surface area contributed by atoms with Gasteiger partial charge in [0.05, 0.1) is 17.8 Å². The van der Waals surface area contributed by atoms with Crippen molar-refractivity contribution in [2.24, 2.45) is 5.92 Å². The van der Waals surface area contributed by atoms with Gasteiger partial charge in [-0.1, -0.05) is 42.5 Å². The number of amides is 1. The second kappa shape index (κ2) is 6.51. The van der Waals surface area contributed by atoms with Gasteiger partial charge in [0.25, 0.3) is 0 Å². The first-order chi connectivity index (χ1) is 12.2. The van der Waals surface area contributed by atoms with Gasteiger partial charge in [0.15, 0.2) is 0 Å². The van der Waals surface area contributed by atoms with Crippen LogP contribution in [0.15, 0.2) is 65.6 Å². The fourth-order valence-corrected chi connectivity index (χ4v) is 3.21. The third-order valence-electron chi connectivity index (χ3n) is 4.62. The Bertz CT molecular complexity index is 961. The van der Waals surface area contributed by atoms with E-state index in [0.717, 1.165) is 18.4 Å². The molecule has 1 unspecified atom stereocenters. The van der Waals surface area contributed by atoms with E-state index in [2.05, 4.69) is 22.5 Å². The lowest BCUT2D eigenvalue weighted by Crippen LogP contribution is -2.33. The summed E-state index contributed by atoms with van der Waals surface area (Å²) in [6, 6.07) is 17.3. The van der Waals surface area contributed by atoms with E-state index in [1.54, 1.807) is 10.7 Å². The van der Waals surface area contributed by atoms with Gasteiger partial charge in [-0.3, -0.25) is 14.3 Å². The number of para-hydroxylation sites is 1. The lowest BCUT2D eigenvalue weighted by Gasteiger charge is -2.19. The molecule has 1 fully saturated rings. The lowest BCUT2D eigenvalue weighted by molar-refractivity contribution is -0.122. The summed E-state index contributed by atoms with van der Waals surface area (Å²) in [7, 11) is 0. The Labute approximate surface area is 145 Å². The molecular weight excluding hydrogens is 314 g/mol. The number of carbonyl (C=O) groups excluding carboxylic acids is 1. The number of hydrogen-bond acceptors (Lipinski definition) is 3. The van der Waals surface area contributed by atoms with Crippen LogP contribution in [0, 0.1) is 5.92 Å². The number of aromatic nitrogens is 2. The molecule has 1 atom stereocenters. The van der Waals surface area contributed by atoms with Crippen molar-refractivity contribution < 1.29 is 4.79 Å². The third-order valence-corrected chi connectivity index (χ3v) is 4.62. The molecule has 0 aliphatic heterocycles. The van der Waals surface area contributed by atoms with Gasteiger partial charge in [-0.15, -0.1) is 0 Å². The van der Waals surface area contributed by atoms with Gasteiger partial charge >= 0.3 is 0 Å². The van der Waals surface area contributed by atoms with E-state index in [1.807, 2.05) is 36.4 Å². The molecule has 1 N–H and O–H groups in total. The van der Waals surface area contributed by atoms with Crippen LogP contribution in [-0.4, -0.2) is 15.7 Å². The molecule has 0 bridgehead atoms. The first-order valence-electron chi connectivity index (χ1n) is 8.51. The number of fused-ring (bicyclic) bond motifs is 1. The summed E-state index contributed by atoms with van der Waals surface area (Å²) < 4.78 is 1.58. The average Bonchev–Trinajstić information content (AvgIpc) is 3.48. The summed E-state index contributed by atoms with van der Waals surface area (Å²) in [6.45, 7) is 0.0941. The van der Waals surface area contributed by atoms with Gasteiger partial charge in [0.1, 0.15) is 6.54 Å². The lowest BCUT2D eigenvalue weighted by atomic mass is 10.0. The van der Waals surface area contributed by atoms with Crippen LogP contribution >= 0.6 is 0 Å². The van der Waals surface area contributed by atoms with Gasteiger partial charge in [0, 0.05) is 5.39 Å². The quantitative estimate of drug-likeness (QED) is 0.781. The van der Waals surface area contributed by atoms with Crippen LogP contribution in [-0.2, 0) is 11.3 Å². The van der Waals surface area contributed by atoms with Crippen molar-refractivity contribution >= 4 is 16.8 Å². The Morgan fingerprint density at radius 1 is 1.12 bits per heavy atom. The molecule has 0 spiro atoms. The predicted octanol–water partition coefficient (Wildman–Crippen LogP) is 2.66. The summed E-state index contributed by atoms with van der Waals surface area (Å²) in [5.74, 6) is 0.409. The SMILES string of the molecule is O=C(Cn1ncc(=O)c2ccccc21)NC(c1ccccc1)C1CC1. The molecule has 2 aromatic carbocycles. The molecular formula is C20H19N3O2. The molecule has 3 aromatic rings. The maximum absolute atomic E-state index is 12.6. The van der Waals surface area contributed by atoms with Gasteiger partial charge in [-0.2, -0.15) is 5.10 Å². The third kappa shape index (κ3) is 3.31. The zero-order valence-corrected chi connectivity index (χ0v) is 13.8. The smallest absolute Gasteiger partial charge is 0.242 e. The largest absolute Gasteiger partial charge is 0.347 e. The van der Waals surface area contributed by atoms with Crippen molar-refractivity contribution in [2.45, 2.75) is 25.4 Å². The molecule has 1 saturated carbocycles. The maximum Gasteiger partial charge on any atom is 0.242 e. The van der Waals surface area contributed by atoms with Gasteiger partial charge in [-0.25, -0.2) is 0 Å². The van der Waals surface area contributed by atoms with Gasteiger partial charge < -0.3 is 5.32 Å². The molecule has 4 rings (SSSR count). The zero-order valence-electron chi connectivity index (χ0n) is 13.8.